The van der Waals surface area contributed by atoms with Crippen molar-refractivity contribution < 1.29 is 13.2 Å². The van der Waals surface area contributed by atoms with Gasteiger partial charge < -0.3 is 14.6 Å². The first-order valence-electron chi connectivity index (χ1n) is 12.7. The predicted molar refractivity (Wildman–Crippen MR) is 140 cm³/mol. The Hall–Kier alpha value is -2.76. The highest BCUT2D eigenvalue weighted by molar-refractivity contribution is 7.89. The van der Waals surface area contributed by atoms with Crippen LogP contribution in [-0.4, -0.2) is 65.9 Å². The number of nitrogens with one attached hydrogen (secondary N) is 2. The third kappa shape index (κ3) is 5.33. The minimum absolute atomic E-state index is 0.0379. The van der Waals surface area contributed by atoms with Gasteiger partial charge in [-0.1, -0.05) is 26.3 Å². The standard InChI is InChI=1S/C25H36N6O4S/c1-5-9-19-21-22(31(4)29-19)25(32)28-24(27-21)18-11-7-12-20(23(18)35-16-6-2)36(33,34)26-14-13-17-10-8-15-30(17)3/h7,11-12,17,26H,5-6,8-10,13-16H2,1-4H3,(H,27,28,32). The Morgan fingerprint density at radius 2 is 2.03 bits per heavy atom. The van der Waals surface area contributed by atoms with Gasteiger partial charge in [0.25, 0.3) is 5.56 Å². The second-order valence-electron chi connectivity index (χ2n) is 9.38. The van der Waals surface area contributed by atoms with Gasteiger partial charge in [0.2, 0.25) is 10.0 Å². The van der Waals surface area contributed by atoms with Crippen LogP contribution in [0.5, 0.6) is 5.75 Å². The average molecular weight is 517 g/mol. The molecule has 0 spiro atoms. The molecule has 0 aliphatic carbocycles. The topological polar surface area (TPSA) is 122 Å². The molecular formula is C25H36N6O4S. The SMILES string of the molecule is CCCOc1c(-c2nc3c(CCC)nn(C)c3c(=O)[nH]2)cccc1S(=O)(=O)NCCC1CCCN1C. The molecule has 36 heavy (non-hydrogen) atoms. The first-order chi connectivity index (χ1) is 17.3. The van der Waals surface area contributed by atoms with E-state index in [1.807, 2.05) is 13.8 Å². The number of ether oxygens (including phenoxy) is 1. The fraction of sp³-hybridized carbons (Fsp3) is 0.560. The van der Waals surface area contributed by atoms with Gasteiger partial charge in [0, 0.05) is 19.6 Å². The molecule has 2 aromatic heterocycles. The van der Waals surface area contributed by atoms with E-state index in [0.29, 0.717) is 48.6 Å². The third-order valence-corrected chi connectivity index (χ3v) is 8.15. The smallest absolute Gasteiger partial charge is 0.277 e. The molecule has 1 saturated heterocycles. The van der Waals surface area contributed by atoms with Crippen LogP contribution in [-0.2, 0) is 23.5 Å². The van der Waals surface area contributed by atoms with Gasteiger partial charge in [0.1, 0.15) is 22.0 Å². The van der Waals surface area contributed by atoms with Crippen molar-refractivity contribution in [1.82, 2.24) is 29.4 Å². The van der Waals surface area contributed by atoms with E-state index in [9.17, 15) is 13.2 Å². The van der Waals surface area contributed by atoms with Crippen LogP contribution in [0.4, 0.5) is 0 Å². The number of hydrogen-bond acceptors (Lipinski definition) is 7. The van der Waals surface area contributed by atoms with Crippen molar-refractivity contribution in [2.24, 2.45) is 7.05 Å². The fourth-order valence-electron chi connectivity index (χ4n) is 4.83. The van der Waals surface area contributed by atoms with E-state index in [2.05, 4.69) is 26.8 Å². The number of aromatic amines is 1. The number of para-hydroxylation sites is 1. The normalized spacial score (nSPS) is 16.7. The van der Waals surface area contributed by atoms with E-state index in [-0.39, 0.29) is 22.0 Å². The maximum atomic E-state index is 13.4. The van der Waals surface area contributed by atoms with Crippen LogP contribution in [0.15, 0.2) is 27.9 Å². The molecule has 4 rings (SSSR count). The number of H-pyrrole nitrogens is 1. The summed E-state index contributed by atoms with van der Waals surface area (Å²) in [4.78, 5) is 22.8. The van der Waals surface area contributed by atoms with Gasteiger partial charge >= 0.3 is 0 Å². The number of sulfonamides is 1. The second kappa shape index (κ2) is 11.1. The second-order valence-corrected chi connectivity index (χ2v) is 11.1. The molecule has 1 unspecified atom stereocenters. The summed E-state index contributed by atoms with van der Waals surface area (Å²) >= 11 is 0. The fourth-order valence-corrected chi connectivity index (χ4v) is 6.04. The van der Waals surface area contributed by atoms with Crippen LogP contribution in [0.25, 0.3) is 22.4 Å². The van der Waals surface area contributed by atoms with Crippen molar-refractivity contribution in [2.75, 3.05) is 26.7 Å². The molecule has 196 valence electrons. The summed E-state index contributed by atoms with van der Waals surface area (Å²) in [6, 6.07) is 5.28. The highest BCUT2D eigenvalue weighted by Gasteiger charge is 2.26. The number of aryl methyl sites for hydroxylation is 2. The number of aromatic nitrogens is 4. The molecular weight excluding hydrogens is 480 g/mol. The lowest BCUT2D eigenvalue weighted by Gasteiger charge is -2.20. The van der Waals surface area contributed by atoms with Crippen molar-refractivity contribution >= 4 is 21.1 Å². The lowest BCUT2D eigenvalue weighted by molar-refractivity contribution is 0.297. The minimum Gasteiger partial charge on any atom is -0.491 e. The van der Waals surface area contributed by atoms with E-state index in [4.69, 9.17) is 9.72 Å². The number of benzene rings is 1. The first-order valence-corrected chi connectivity index (χ1v) is 14.2. The Kier molecular flexibility index (Phi) is 8.11. The van der Waals surface area contributed by atoms with E-state index < -0.39 is 10.0 Å². The Balaban J connectivity index is 1.73. The molecule has 1 aliphatic rings. The van der Waals surface area contributed by atoms with Crippen LogP contribution in [0.1, 0.15) is 51.6 Å². The van der Waals surface area contributed by atoms with Gasteiger partial charge in [-0.05, 0) is 57.8 Å². The molecule has 1 fully saturated rings. The summed E-state index contributed by atoms with van der Waals surface area (Å²) in [6.45, 7) is 5.70. The molecule has 1 atom stereocenters. The Labute approximate surface area is 212 Å². The van der Waals surface area contributed by atoms with Crippen molar-refractivity contribution in [2.45, 2.75) is 63.3 Å². The summed E-state index contributed by atoms with van der Waals surface area (Å²) in [5.74, 6) is 0.446. The zero-order chi connectivity index (χ0) is 25.9. The molecule has 1 aliphatic heterocycles. The summed E-state index contributed by atoms with van der Waals surface area (Å²) in [6.07, 6.45) is 5.19. The largest absolute Gasteiger partial charge is 0.491 e. The number of rotatable bonds is 11. The number of likely N-dealkylation sites (tertiary alicyclic amines) is 1. The monoisotopic (exact) mass is 516 g/mol. The van der Waals surface area contributed by atoms with Gasteiger partial charge in [-0.25, -0.2) is 18.1 Å². The van der Waals surface area contributed by atoms with Crippen LogP contribution in [0.2, 0.25) is 0 Å². The molecule has 3 aromatic rings. The van der Waals surface area contributed by atoms with Crippen molar-refractivity contribution in [1.29, 1.82) is 0 Å². The molecule has 10 nitrogen and oxygen atoms in total. The van der Waals surface area contributed by atoms with Crippen LogP contribution < -0.4 is 15.0 Å². The van der Waals surface area contributed by atoms with E-state index in [0.717, 1.165) is 37.9 Å². The zero-order valence-electron chi connectivity index (χ0n) is 21.5. The van der Waals surface area contributed by atoms with Gasteiger partial charge in [0.15, 0.2) is 5.52 Å². The lowest BCUT2D eigenvalue weighted by Crippen LogP contribution is -2.32. The van der Waals surface area contributed by atoms with Gasteiger partial charge in [0.05, 0.1) is 17.9 Å². The minimum atomic E-state index is -3.86. The number of hydrogen-bond donors (Lipinski definition) is 2. The summed E-state index contributed by atoms with van der Waals surface area (Å²) in [5.41, 5.74) is 1.74. The van der Waals surface area contributed by atoms with Crippen LogP contribution in [0, 0.1) is 0 Å². The number of fused-ring (bicyclic) bond motifs is 1. The highest BCUT2D eigenvalue weighted by Crippen LogP contribution is 2.35. The number of nitrogens with zero attached hydrogens (tertiary/aromatic N) is 4. The molecule has 3 heterocycles. The first kappa shape index (κ1) is 26.3. The molecule has 1 aromatic carbocycles. The molecule has 0 bridgehead atoms. The molecule has 2 N–H and O–H groups in total. The average Bonchev–Trinajstić information content (AvgIpc) is 3.40. The predicted octanol–water partition coefficient (Wildman–Crippen LogP) is 2.83. The Bertz CT molecular complexity index is 1380. The van der Waals surface area contributed by atoms with Gasteiger partial charge in [-0.2, -0.15) is 5.10 Å². The quantitative estimate of drug-likeness (QED) is 0.402. The summed E-state index contributed by atoms with van der Waals surface area (Å²) < 4.78 is 37.0. The maximum absolute atomic E-state index is 13.4. The van der Waals surface area contributed by atoms with Crippen LogP contribution in [0.3, 0.4) is 0 Å². The summed E-state index contributed by atoms with van der Waals surface area (Å²) in [5, 5.41) is 4.47. The van der Waals surface area contributed by atoms with E-state index >= 15 is 0 Å². The third-order valence-electron chi connectivity index (χ3n) is 6.66. The molecule has 0 saturated carbocycles. The van der Waals surface area contributed by atoms with Gasteiger partial charge in [-0.3, -0.25) is 9.48 Å². The highest BCUT2D eigenvalue weighted by atomic mass is 32.2. The van der Waals surface area contributed by atoms with Gasteiger partial charge in [-0.15, -0.1) is 0 Å². The molecule has 0 amide bonds. The Morgan fingerprint density at radius 1 is 1.22 bits per heavy atom. The molecule has 0 radical (unpaired) electrons. The summed E-state index contributed by atoms with van der Waals surface area (Å²) in [7, 11) is -0.0632. The van der Waals surface area contributed by atoms with Crippen molar-refractivity contribution in [3.8, 4) is 17.1 Å². The van der Waals surface area contributed by atoms with Crippen molar-refractivity contribution in [3.63, 3.8) is 0 Å². The van der Waals surface area contributed by atoms with E-state index in [1.54, 1.807) is 19.2 Å². The van der Waals surface area contributed by atoms with Crippen molar-refractivity contribution in [3.05, 3.63) is 34.2 Å². The molecule has 11 heteroatoms. The van der Waals surface area contributed by atoms with E-state index in [1.165, 1.54) is 10.7 Å². The zero-order valence-corrected chi connectivity index (χ0v) is 22.3. The lowest BCUT2D eigenvalue weighted by atomic mass is 10.1. The van der Waals surface area contributed by atoms with Crippen LogP contribution >= 0.6 is 0 Å². The Morgan fingerprint density at radius 3 is 2.72 bits per heavy atom. The maximum Gasteiger partial charge on any atom is 0.277 e.